The van der Waals surface area contributed by atoms with E-state index < -0.39 is 11.0 Å². The Morgan fingerprint density at radius 3 is 2.47 bits per heavy atom. The molecule has 2 aliphatic rings. The summed E-state index contributed by atoms with van der Waals surface area (Å²) < 4.78 is 17.8. The van der Waals surface area contributed by atoms with Crippen molar-refractivity contribution in [3.63, 3.8) is 0 Å². The minimum absolute atomic E-state index is 0.0375. The molecule has 1 fully saturated rings. The predicted octanol–water partition coefficient (Wildman–Crippen LogP) is 4.82. The van der Waals surface area contributed by atoms with Gasteiger partial charge in [0.05, 0.1) is 18.1 Å². The lowest BCUT2D eigenvalue weighted by Gasteiger charge is -2.42. The summed E-state index contributed by atoms with van der Waals surface area (Å²) in [6.45, 7) is 15.7. The number of ether oxygens (including phenoxy) is 2. The largest absolute Gasteiger partial charge is 0.468 e. The van der Waals surface area contributed by atoms with Crippen molar-refractivity contribution in [1.29, 1.82) is 0 Å². The molecule has 0 saturated carbocycles. The van der Waals surface area contributed by atoms with Crippen molar-refractivity contribution in [2.24, 2.45) is 11.8 Å². The van der Waals surface area contributed by atoms with Crippen LogP contribution in [0.5, 0.6) is 5.95 Å². The van der Waals surface area contributed by atoms with E-state index in [2.05, 4.69) is 33.8 Å². The fourth-order valence-corrected chi connectivity index (χ4v) is 5.67. The summed E-state index contributed by atoms with van der Waals surface area (Å²) in [6, 6.07) is 0. The Labute approximate surface area is 179 Å². The van der Waals surface area contributed by atoms with E-state index in [1.54, 1.807) is 6.92 Å². The Bertz CT molecular complexity index is 998. The molecule has 1 aromatic rings. The van der Waals surface area contributed by atoms with Gasteiger partial charge < -0.3 is 13.9 Å². The fourth-order valence-electron chi connectivity index (χ4n) is 5.67. The second-order valence-electron chi connectivity index (χ2n) is 9.31. The van der Waals surface area contributed by atoms with Gasteiger partial charge in [-0.3, -0.25) is 9.59 Å². The van der Waals surface area contributed by atoms with Crippen LogP contribution in [0.4, 0.5) is 0 Å². The van der Waals surface area contributed by atoms with Gasteiger partial charge in [0.2, 0.25) is 0 Å². The van der Waals surface area contributed by atoms with Gasteiger partial charge in [0.15, 0.2) is 5.43 Å². The minimum atomic E-state index is -0.619. The van der Waals surface area contributed by atoms with E-state index in [0.29, 0.717) is 23.3 Å². The molecule has 3 rings (SSSR count). The molecule has 2 heterocycles. The number of methoxy groups -OCH3 is 1. The van der Waals surface area contributed by atoms with Gasteiger partial charge in [-0.15, -0.1) is 0 Å². The van der Waals surface area contributed by atoms with Crippen molar-refractivity contribution in [3.05, 3.63) is 50.4 Å². The molecule has 0 bridgehead atoms. The van der Waals surface area contributed by atoms with Crippen LogP contribution < -0.4 is 10.2 Å². The number of ketones is 1. The Balaban J connectivity index is 2.24. The van der Waals surface area contributed by atoms with Gasteiger partial charge >= 0.3 is 0 Å². The van der Waals surface area contributed by atoms with E-state index in [9.17, 15) is 9.59 Å². The highest BCUT2D eigenvalue weighted by atomic mass is 16.6. The number of epoxide rings is 1. The zero-order valence-electron chi connectivity index (χ0n) is 19.6. The van der Waals surface area contributed by atoms with E-state index in [-0.39, 0.29) is 35.1 Å². The Morgan fingerprint density at radius 1 is 1.27 bits per heavy atom. The quantitative estimate of drug-likeness (QED) is 0.493. The molecule has 1 saturated heterocycles. The number of hydrogen-bond donors (Lipinski definition) is 0. The summed E-state index contributed by atoms with van der Waals surface area (Å²) in [4.78, 5) is 25.2. The van der Waals surface area contributed by atoms with E-state index in [4.69, 9.17) is 13.9 Å². The van der Waals surface area contributed by atoms with Gasteiger partial charge in [-0.1, -0.05) is 31.6 Å². The number of hydrogen-bond acceptors (Lipinski definition) is 5. The lowest BCUT2D eigenvalue weighted by atomic mass is 9.60. The third-order valence-electron chi connectivity index (χ3n) is 6.97. The molecule has 0 amide bonds. The molecule has 164 valence electrons. The summed E-state index contributed by atoms with van der Waals surface area (Å²) in [6.07, 6.45) is 4.76. The van der Waals surface area contributed by atoms with Crippen molar-refractivity contribution >= 4 is 5.78 Å². The van der Waals surface area contributed by atoms with E-state index >= 15 is 0 Å². The number of carbonyl (C=O) groups excluding carboxylic acids is 1. The van der Waals surface area contributed by atoms with Gasteiger partial charge in [-0.05, 0) is 47.1 Å². The zero-order valence-corrected chi connectivity index (χ0v) is 19.6. The van der Waals surface area contributed by atoms with Crippen molar-refractivity contribution in [1.82, 2.24) is 0 Å². The summed E-state index contributed by atoms with van der Waals surface area (Å²) in [5.41, 5.74) is 2.15. The van der Waals surface area contributed by atoms with E-state index in [0.717, 1.165) is 11.1 Å². The summed E-state index contributed by atoms with van der Waals surface area (Å²) >= 11 is 0. The van der Waals surface area contributed by atoms with Crippen LogP contribution in [-0.4, -0.2) is 24.6 Å². The standard InChI is InChI=1S/C25H34O5/c1-10-18(26)13(2)11-14(3)20-24(7,12-15(4)21-25(20,8)30-21)22-16(5)19(27)17(6)23(28-9)29-22/h11-13,20-21H,10H2,1-9H3/b14-11+/t13-,20-,21+,24+,25-/m0/s1. The van der Waals surface area contributed by atoms with Crippen molar-refractivity contribution in [3.8, 4) is 5.95 Å². The topological polar surface area (TPSA) is 69.0 Å². The average molecular weight is 415 g/mol. The van der Waals surface area contributed by atoms with Crippen LogP contribution in [0.1, 0.15) is 64.9 Å². The maximum atomic E-state index is 12.9. The molecule has 5 nitrogen and oxygen atoms in total. The lowest BCUT2D eigenvalue weighted by Crippen LogP contribution is -2.45. The zero-order chi connectivity index (χ0) is 22.6. The lowest BCUT2D eigenvalue weighted by molar-refractivity contribution is -0.120. The van der Waals surface area contributed by atoms with Crippen molar-refractivity contribution < 1.29 is 18.7 Å². The molecule has 1 aromatic heterocycles. The number of Topliss-reactive ketones (excluding diaryl/α,β-unsaturated/α-hetero) is 1. The minimum Gasteiger partial charge on any atom is -0.468 e. The van der Waals surface area contributed by atoms with Gasteiger partial charge in [0, 0.05) is 23.8 Å². The molecule has 30 heavy (non-hydrogen) atoms. The molecule has 5 atom stereocenters. The molecule has 1 aliphatic heterocycles. The van der Waals surface area contributed by atoms with Crippen LogP contribution in [0.15, 0.2) is 32.5 Å². The smallest absolute Gasteiger partial charge is 0.291 e. The first kappa shape index (κ1) is 22.5. The third kappa shape index (κ3) is 3.27. The highest BCUT2D eigenvalue weighted by molar-refractivity contribution is 5.82. The second kappa shape index (κ2) is 7.52. The number of carbonyl (C=O) groups is 1. The second-order valence-corrected chi connectivity index (χ2v) is 9.31. The predicted molar refractivity (Wildman–Crippen MR) is 117 cm³/mol. The Kier molecular flexibility index (Phi) is 5.65. The molecule has 0 aromatic carbocycles. The average Bonchev–Trinajstić information content (AvgIpc) is 3.37. The molecule has 0 spiro atoms. The first-order valence-corrected chi connectivity index (χ1v) is 10.7. The first-order valence-electron chi connectivity index (χ1n) is 10.7. The molecular weight excluding hydrogens is 380 g/mol. The maximum Gasteiger partial charge on any atom is 0.291 e. The fraction of sp³-hybridized carbons (Fsp3) is 0.600. The Hall–Kier alpha value is -2.14. The van der Waals surface area contributed by atoms with Gasteiger partial charge in [0.25, 0.3) is 5.95 Å². The summed E-state index contributed by atoms with van der Waals surface area (Å²) in [5.74, 6) is 0.785. The summed E-state index contributed by atoms with van der Waals surface area (Å²) in [5, 5.41) is 0. The van der Waals surface area contributed by atoms with Crippen LogP contribution in [0.2, 0.25) is 0 Å². The summed E-state index contributed by atoms with van der Waals surface area (Å²) in [7, 11) is 1.51. The van der Waals surface area contributed by atoms with Gasteiger partial charge in [-0.25, -0.2) is 0 Å². The van der Waals surface area contributed by atoms with Crippen LogP contribution in [0.3, 0.4) is 0 Å². The molecule has 5 heteroatoms. The van der Waals surface area contributed by atoms with Gasteiger partial charge in [0.1, 0.15) is 23.2 Å². The van der Waals surface area contributed by atoms with Crippen LogP contribution >= 0.6 is 0 Å². The molecule has 0 N–H and O–H groups in total. The molecule has 1 aliphatic carbocycles. The number of allylic oxidation sites excluding steroid dienone is 2. The van der Waals surface area contributed by atoms with E-state index in [1.807, 2.05) is 26.8 Å². The molecular formula is C25H34O5. The van der Waals surface area contributed by atoms with Gasteiger partial charge in [-0.2, -0.15) is 0 Å². The Morgan fingerprint density at radius 2 is 1.90 bits per heavy atom. The van der Waals surface area contributed by atoms with Crippen LogP contribution in [0.25, 0.3) is 0 Å². The normalized spacial score (nSPS) is 31.6. The first-order chi connectivity index (χ1) is 13.9. The molecule has 0 unspecified atom stereocenters. The highest BCUT2D eigenvalue weighted by Crippen LogP contribution is 2.60. The molecule has 0 radical (unpaired) electrons. The SMILES string of the molecule is CCC(=O)[C@@H](C)/C=C(\C)[C@@H]1[C@]2(C)O[C@@H]2C(C)=C[C@@]1(C)c1oc(OC)c(C)c(=O)c1C. The van der Waals surface area contributed by atoms with Crippen molar-refractivity contribution in [2.75, 3.05) is 7.11 Å². The highest BCUT2D eigenvalue weighted by Gasteiger charge is 2.66. The maximum absolute atomic E-state index is 12.9. The van der Waals surface area contributed by atoms with E-state index in [1.165, 1.54) is 7.11 Å². The third-order valence-corrected chi connectivity index (χ3v) is 6.97. The van der Waals surface area contributed by atoms with Crippen LogP contribution in [0, 0.1) is 25.7 Å². The van der Waals surface area contributed by atoms with Crippen molar-refractivity contribution in [2.45, 2.75) is 78.9 Å². The number of fused-ring (bicyclic) bond motifs is 1. The monoisotopic (exact) mass is 414 g/mol. The van der Waals surface area contributed by atoms with Crippen LogP contribution in [-0.2, 0) is 14.9 Å². The number of rotatable bonds is 6.